The fraction of sp³-hybridized carbons (Fsp3) is 0.444. The molecule has 1 fully saturated rings. The number of carbonyl (C=O) groups excluding carboxylic acids is 1. The van der Waals surface area contributed by atoms with Crippen molar-refractivity contribution in [1.29, 1.82) is 0 Å². The van der Waals surface area contributed by atoms with Gasteiger partial charge in [-0.1, -0.05) is 49.2 Å². The van der Waals surface area contributed by atoms with Gasteiger partial charge in [0.2, 0.25) is 5.91 Å². The third-order valence-corrected chi connectivity index (χ3v) is 5.13. The minimum atomic E-state index is 0.129. The lowest BCUT2D eigenvalue weighted by molar-refractivity contribution is -0.119. The summed E-state index contributed by atoms with van der Waals surface area (Å²) >= 11 is 1.52. The van der Waals surface area contributed by atoms with Crippen molar-refractivity contribution < 1.29 is 4.79 Å². The molecule has 0 unspecified atom stereocenters. The van der Waals surface area contributed by atoms with Crippen molar-refractivity contribution in [3.8, 4) is 0 Å². The van der Waals surface area contributed by atoms with Crippen LogP contribution in [0, 0.1) is 6.92 Å². The number of rotatable bonds is 4. The second-order valence-corrected chi connectivity index (χ2v) is 6.98. The van der Waals surface area contributed by atoms with Gasteiger partial charge in [0.25, 0.3) is 0 Å². The summed E-state index contributed by atoms with van der Waals surface area (Å²) in [7, 11) is 0. The van der Waals surface area contributed by atoms with E-state index >= 15 is 0 Å². The molecule has 1 amide bonds. The van der Waals surface area contributed by atoms with Gasteiger partial charge in [-0.05, 0) is 37.5 Å². The molecule has 1 heterocycles. The van der Waals surface area contributed by atoms with E-state index < -0.39 is 0 Å². The maximum Gasteiger partial charge on any atom is 0.230 e. The zero-order valence-electron chi connectivity index (χ0n) is 13.0. The van der Waals surface area contributed by atoms with Crippen LogP contribution in [0.25, 0.3) is 10.9 Å². The van der Waals surface area contributed by atoms with E-state index in [2.05, 4.69) is 29.4 Å². The minimum Gasteiger partial charge on any atom is -0.353 e. The number of fused-ring (bicyclic) bond motifs is 1. The molecule has 4 heteroatoms. The molecule has 3 nitrogen and oxygen atoms in total. The molecule has 0 atom stereocenters. The molecule has 1 saturated carbocycles. The highest BCUT2D eigenvalue weighted by Gasteiger charge is 2.15. The number of benzene rings is 1. The number of thioether (sulfide) groups is 1. The van der Waals surface area contributed by atoms with Crippen molar-refractivity contribution in [2.75, 3.05) is 5.75 Å². The third-order valence-electron chi connectivity index (χ3n) is 4.22. The number of amides is 1. The number of hydrogen-bond acceptors (Lipinski definition) is 3. The standard InChI is InChI=1S/C18H22N2OS/c1-13-11-18(20-16-10-6-5-9-15(13)16)22-12-17(21)19-14-7-3-2-4-8-14/h5-6,9-11,14H,2-4,7-8,12H2,1H3,(H,19,21). The first kappa shape index (κ1) is 15.3. The zero-order chi connectivity index (χ0) is 15.4. The van der Waals surface area contributed by atoms with Crippen molar-refractivity contribution in [1.82, 2.24) is 10.3 Å². The third kappa shape index (κ3) is 3.80. The molecule has 0 saturated heterocycles. The van der Waals surface area contributed by atoms with Gasteiger partial charge in [-0.25, -0.2) is 4.98 Å². The molecule has 0 aliphatic heterocycles. The van der Waals surface area contributed by atoms with Crippen LogP contribution in [0.1, 0.15) is 37.7 Å². The van der Waals surface area contributed by atoms with Crippen LogP contribution in [0.4, 0.5) is 0 Å². The molecule has 2 aromatic rings. The highest BCUT2D eigenvalue weighted by atomic mass is 32.2. The molecule has 22 heavy (non-hydrogen) atoms. The molecule has 0 radical (unpaired) electrons. The first-order valence-corrected chi connectivity index (χ1v) is 8.99. The Morgan fingerprint density at radius 3 is 2.86 bits per heavy atom. The highest BCUT2D eigenvalue weighted by molar-refractivity contribution is 7.99. The Kier molecular flexibility index (Phi) is 4.98. The van der Waals surface area contributed by atoms with Gasteiger partial charge in [0.15, 0.2) is 0 Å². The molecule has 1 aromatic carbocycles. The highest BCUT2D eigenvalue weighted by Crippen LogP contribution is 2.23. The number of nitrogens with one attached hydrogen (secondary N) is 1. The van der Waals surface area contributed by atoms with Gasteiger partial charge in [-0.15, -0.1) is 0 Å². The number of aryl methyl sites for hydroxylation is 1. The van der Waals surface area contributed by atoms with Gasteiger partial charge in [-0.3, -0.25) is 4.79 Å². The van der Waals surface area contributed by atoms with Crippen LogP contribution in [0.5, 0.6) is 0 Å². The van der Waals surface area contributed by atoms with Crippen LogP contribution in [-0.4, -0.2) is 22.7 Å². The number of hydrogen-bond donors (Lipinski definition) is 1. The summed E-state index contributed by atoms with van der Waals surface area (Å²) in [6.45, 7) is 2.09. The van der Waals surface area contributed by atoms with Crippen molar-refractivity contribution in [3.05, 3.63) is 35.9 Å². The Labute approximate surface area is 135 Å². The second kappa shape index (κ2) is 7.14. The maximum absolute atomic E-state index is 12.1. The van der Waals surface area contributed by atoms with Gasteiger partial charge in [0, 0.05) is 11.4 Å². The Hall–Kier alpha value is -1.55. The lowest BCUT2D eigenvalue weighted by Gasteiger charge is -2.22. The van der Waals surface area contributed by atoms with E-state index in [9.17, 15) is 4.79 Å². The molecule has 1 N–H and O–H groups in total. The van der Waals surface area contributed by atoms with Gasteiger partial charge < -0.3 is 5.32 Å². The molecular weight excluding hydrogens is 292 g/mol. The van der Waals surface area contributed by atoms with E-state index in [-0.39, 0.29) is 5.91 Å². The predicted octanol–water partition coefficient (Wildman–Crippen LogP) is 4.08. The number of para-hydroxylation sites is 1. The summed E-state index contributed by atoms with van der Waals surface area (Å²) in [5.41, 5.74) is 2.21. The summed E-state index contributed by atoms with van der Waals surface area (Å²) < 4.78 is 0. The molecule has 3 rings (SSSR count). The predicted molar refractivity (Wildman–Crippen MR) is 92.2 cm³/mol. The quantitative estimate of drug-likeness (QED) is 0.865. The van der Waals surface area contributed by atoms with E-state index in [0.717, 1.165) is 23.4 Å². The monoisotopic (exact) mass is 314 g/mol. The van der Waals surface area contributed by atoms with Crippen LogP contribution in [-0.2, 0) is 4.79 Å². The van der Waals surface area contributed by atoms with Gasteiger partial charge in [-0.2, -0.15) is 0 Å². The Balaban J connectivity index is 1.60. The summed E-state index contributed by atoms with van der Waals surface area (Å²) in [6, 6.07) is 10.6. The fourth-order valence-electron chi connectivity index (χ4n) is 3.05. The lowest BCUT2D eigenvalue weighted by Crippen LogP contribution is -2.37. The molecule has 1 aliphatic rings. The van der Waals surface area contributed by atoms with Crippen LogP contribution in [0.3, 0.4) is 0 Å². The Morgan fingerprint density at radius 2 is 2.05 bits per heavy atom. The van der Waals surface area contributed by atoms with Gasteiger partial charge in [0.05, 0.1) is 16.3 Å². The van der Waals surface area contributed by atoms with Crippen LogP contribution in [0.15, 0.2) is 35.4 Å². The van der Waals surface area contributed by atoms with E-state index in [4.69, 9.17) is 0 Å². The van der Waals surface area contributed by atoms with Crippen LogP contribution in [0.2, 0.25) is 0 Å². The molecule has 1 aliphatic carbocycles. The molecule has 0 spiro atoms. The summed E-state index contributed by atoms with van der Waals surface area (Å²) in [6.07, 6.45) is 6.04. The number of carbonyl (C=O) groups is 1. The second-order valence-electron chi connectivity index (χ2n) is 5.99. The summed E-state index contributed by atoms with van der Waals surface area (Å²) in [5.74, 6) is 0.575. The largest absolute Gasteiger partial charge is 0.353 e. The average Bonchev–Trinajstić information content (AvgIpc) is 2.54. The number of aromatic nitrogens is 1. The molecular formula is C18H22N2OS. The number of pyridine rings is 1. The smallest absolute Gasteiger partial charge is 0.230 e. The number of nitrogens with zero attached hydrogens (tertiary/aromatic N) is 1. The maximum atomic E-state index is 12.1. The SMILES string of the molecule is Cc1cc(SCC(=O)NC2CCCCC2)nc2ccccc12. The topological polar surface area (TPSA) is 42.0 Å². The van der Waals surface area contributed by atoms with Crippen LogP contribution >= 0.6 is 11.8 Å². The average molecular weight is 314 g/mol. The van der Waals surface area contributed by atoms with Gasteiger partial charge in [0.1, 0.15) is 0 Å². The Morgan fingerprint density at radius 1 is 1.27 bits per heavy atom. The minimum absolute atomic E-state index is 0.129. The van der Waals surface area contributed by atoms with Crippen molar-refractivity contribution in [2.24, 2.45) is 0 Å². The Bertz CT molecular complexity index is 665. The van der Waals surface area contributed by atoms with E-state index in [0.29, 0.717) is 11.8 Å². The first-order valence-electron chi connectivity index (χ1n) is 8.01. The van der Waals surface area contributed by atoms with E-state index in [1.54, 1.807) is 0 Å². The van der Waals surface area contributed by atoms with E-state index in [1.807, 2.05) is 18.2 Å². The molecule has 116 valence electrons. The van der Waals surface area contributed by atoms with Crippen LogP contribution < -0.4 is 5.32 Å². The van der Waals surface area contributed by atoms with Crippen molar-refractivity contribution >= 4 is 28.6 Å². The van der Waals surface area contributed by atoms with Crippen molar-refractivity contribution in [2.45, 2.75) is 50.1 Å². The normalized spacial score (nSPS) is 15.9. The van der Waals surface area contributed by atoms with Crippen molar-refractivity contribution in [3.63, 3.8) is 0 Å². The summed E-state index contributed by atoms with van der Waals surface area (Å²) in [5, 5.41) is 5.26. The zero-order valence-corrected chi connectivity index (χ0v) is 13.8. The fourth-order valence-corrected chi connectivity index (χ4v) is 3.83. The van der Waals surface area contributed by atoms with E-state index in [1.165, 1.54) is 42.0 Å². The van der Waals surface area contributed by atoms with Gasteiger partial charge >= 0.3 is 0 Å². The lowest BCUT2D eigenvalue weighted by atomic mass is 9.95. The molecule has 1 aromatic heterocycles. The summed E-state index contributed by atoms with van der Waals surface area (Å²) in [4.78, 5) is 16.7. The first-order chi connectivity index (χ1) is 10.7. The molecule has 0 bridgehead atoms.